The van der Waals surface area contributed by atoms with Crippen molar-refractivity contribution in [3.05, 3.63) is 0 Å². The third-order valence-corrected chi connectivity index (χ3v) is 4.37. The number of hydrogen-bond donors (Lipinski definition) is 2. The highest BCUT2D eigenvalue weighted by Crippen LogP contribution is 2.19. The summed E-state index contributed by atoms with van der Waals surface area (Å²) in [4.78, 5) is 26.8. The van der Waals surface area contributed by atoms with E-state index in [1.165, 1.54) is 6.42 Å². The van der Waals surface area contributed by atoms with E-state index in [4.69, 9.17) is 9.84 Å². The Morgan fingerprint density at radius 2 is 2.14 bits per heavy atom. The Morgan fingerprint density at radius 3 is 2.71 bits per heavy atom. The van der Waals surface area contributed by atoms with Crippen LogP contribution in [-0.4, -0.2) is 78.9 Å². The van der Waals surface area contributed by atoms with Crippen molar-refractivity contribution in [2.75, 3.05) is 33.7 Å². The van der Waals surface area contributed by atoms with Gasteiger partial charge in [0.1, 0.15) is 0 Å². The third-order valence-electron chi connectivity index (χ3n) is 4.37. The zero-order valence-electron chi connectivity index (χ0n) is 12.7. The summed E-state index contributed by atoms with van der Waals surface area (Å²) in [6.07, 6.45) is 2.57. The predicted molar refractivity (Wildman–Crippen MR) is 77.2 cm³/mol. The Balaban J connectivity index is 1.68. The van der Waals surface area contributed by atoms with Crippen LogP contribution in [0.15, 0.2) is 0 Å². The maximum atomic E-state index is 12.0. The van der Waals surface area contributed by atoms with E-state index in [0.29, 0.717) is 32.0 Å². The standard InChI is InChI=1S/C14H25N3O4/c1-16-7-3-4-10(16)9-17(2)14(20)15-8-11-5-6-12(21-11)13(18)19/h10-12H,3-9H2,1-2H3,(H,15,20)(H,18,19). The lowest BCUT2D eigenvalue weighted by Gasteiger charge is -2.26. The van der Waals surface area contributed by atoms with Crippen molar-refractivity contribution >= 4 is 12.0 Å². The first-order valence-corrected chi connectivity index (χ1v) is 7.55. The molecular weight excluding hydrogens is 274 g/mol. The van der Waals surface area contributed by atoms with Gasteiger partial charge in [-0.2, -0.15) is 0 Å². The number of likely N-dealkylation sites (N-methyl/N-ethyl adjacent to an activating group) is 2. The number of carboxylic acids is 1. The number of carboxylic acid groups (broad SMARTS) is 1. The molecule has 0 bridgehead atoms. The van der Waals surface area contributed by atoms with Crippen molar-refractivity contribution in [3.8, 4) is 0 Å². The number of likely N-dealkylation sites (tertiary alicyclic amines) is 1. The summed E-state index contributed by atoms with van der Waals surface area (Å²) >= 11 is 0. The lowest BCUT2D eigenvalue weighted by molar-refractivity contribution is -0.149. The van der Waals surface area contributed by atoms with Gasteiger partial charge in [-0.3, -0.25) is 0 Å². The quantitative estimate of drug-likeness (QED) is 0.766. The fourth-order valence-electron chi connectivity index (χ4n) is 2.98. The van der Waals surface area contributed by atoms with Crippen molar-refractivity contribution in [2.45, 2.75) is 43.9 Å². The van der Waals surface area contributed by atoms with E-state index in [0.717, 1.165) is 13.0 Å². The van der Waals surface area contributed by atoms with Crippen LogP contribution < -0.4 is 5.32 Å². The van der Waals surface area contributed by atoms with Gasteiger partial charge in [-0.15, -0.1) is 0 Å². The van der Waals surface area contributed by atoms with E-state index in [1.807, 2.05) is 0 Å². The summed E-state index contributed by atoms with van der Waals surface area (Å²) < 4.78 is 5.36. The Labute approximate surface area is 125 Å². The number of aliphatic carboxylic acids is 1. The molecule has 0 aliphatic carbocycles. The lowest BCUT2D eigenvalue weighted by atomic mass is 10.2. The molecule has 2 amide bonds. The molecule has 0 spiro atoms. The number of carbonyl (C=O) groups is 2. The molecular formula is C14H25N3O4. The molecule has 0 aromatic carbocycles. The van der Waals surface area contributed by atoms with Crippen molar-refractivity contribution in [2.24, 2.45) is 0 Å². The number of urea groups is 1. The van der Waals surface area contributed by atoms with Gasteiger partial charge in [-0.1, -0.05) is 0 Å². The molecule has 21 heavy (non-hydrogen) atoms. The lowest BCUT2D eigenvalue weighted by Crippen LogP contribution is -2.45. The molecule has 2 saturated heterocycles. The molecule has 2 aliphatic rings. The first kappa shape index (κ1) is 16.0. The van der Waals surface area contributed by atoms with Gasteiger partial charge in [0.05, 0.1) is 6.10 Å². The Morgan fingerprint density at radius 1 is 1.38 bits per heavy atom. The molecule has 0 saturated carbocycles. The molecule has 3 atom stereocenters. The van der Waals surface area contributed by atoms with E-state index in [9.17, 15) is 9.59 Å². The van der Waals surface area contributed by atoms with Crippen LogP contribution in [0.25, 0.3) is 0 Å². The monoisotopic (exact) mass is 299 g/mol. The van der Waals surface area contributed by atoms with Gasteiger partial charge in [0.15, 0.2) is 6.10 Å². The van der Waals surface area contributed by atoms with Crippen LogP contribution in [0, 0.1) is 0 Å². The topological polar surface area (TPSA) is 82.1 Å². The molecule has 7 heteroatoms. The van der Waals surface area contributed by atoms with Gasteiger partial charge in [0.25, 0.3) is 0 Å². The number of nitrogens with zero attached hydrogens (tertiary/aromatic N) is 2. The second-order valence-corrected chi connectivity index (χ2v) is 6.01. The predicted octanol–water partition coefficient (Wildman–Crippen LogP) is 0.354. The molecule has 3 unspecified atom stereocenters. The summed E-state index contributed by atoms with van der Waals surface area (Å²) in [6, 6.07) is 0.303. The first-order valence-electron chi connectivity index (χ1n) is 7.55. The fourth-order valence-corrected chi connectivity index (χ4v) is 2.98. The zero-order valence-corrected chi connectivity index (χ0v) is 12.7. The van der Waals surface area contributed by atoms with Crippen LogP contribution >= 0.6 is 0 Å². The molecule has 7 nitrogen and oxygen atoms in total. The highest BCUT2D eigenvalue weighted by atomic mass is 16.5. The van der Waals surface area contributed by atoms with Gasteiger partial charge in [-0.25, -0.2) is 9.59 Å². The zero-order chi connectivity index (χ0) is 15.4. The largest absolute Gasteiger partial charge is 0.479 e. The molecule has 2 aliphatic heterocycles. The SMILES string of the molecule is CN(CC1CCCN1C)C(=O)NCC1CCC(C(=O)O)O1. The second-order valence-electron chi connectivity index (χ2n) is 6.01. The molecule has 120 valence electrons. The van der Waals surface area contributed by atoms with Gasteiger partial charge in [-0.05, 0) is 39.3 Å². The van der Waals surface area contributed by atoms with Gasteiger partial charge in [0.2, 0.25) is 0 Å². The van der Waals surface area contributed by atoms with Crippen LogP contribution in [0.4, 0.5) is 4.79 Å². The Kier molecular flexibility index (Phi) is 5.41. The molecule has 2 N–H and O–H groups in total. The number of amides is 2. The van der Waals surface area contributed by atoms with Gasteiger partial charge in [0, 0.05) is 26.2 Å². The Bertz CT molecular complexity index is 390. The molecule has 2 rings (SSSR count). The summed E-state index contributed by atoms with van der Waals surface area (Å²) in [5.41, 5.74) is 0. The van der Waals surface area contributed by atoms with Gasteiger partial charge < -0.3 is 25.0 Å². The van der Waals surface area contributed by atoms with E-state index in [2.05, 4.69) is 17.3 Å². The summed E-state index contributed by atoms with van der Waals surface area (Å²) in [6.45, 7) is 2.17. The highest BCUT2D eigenvalue weighted by Gasteiger charge is 2.31. The fraction of sp³-hybridized carbons (Fsp3) is 0.857. The first-order chi connectivity index (χ1) is 9.97. The smallest absolute Gasteiger partial charge is 0.332 e. The Hall–Kier alpha value is -1.34. The maximum absolute atomic E-state index is 12.0. The van der Waals surface area contributed by atoms with E-state index in [1.54, 1.807) is 11.9 Å². The summed E-state index contributed by atoms with van der Waals surface area (Å²) in [7, 11) is 3.87. The van der Waals surface area contributed by atoms with Crippen LogP contribution in [-0.2, 0) is 9.53 Å². The van der Waals surface area contributed by atoms with Crippen LogP contribution in [0.2, 0.25) is 0 Å². The molecule has 0 aromatic rings. The van der Waals surface area contributed by atoms with E-state index >= 15 is 0 Å². The average molecular weight is 299 g/mol. The average Bonchev–Trinajstić information content (AvgIpc) is 3.06. The van der Waals surface area contributed by atoms with Crippen molar-refractivity contribution in [1.82, 2.24) is 15.1 Å². The highest BCUT2D eigenvalue weighted by molar-refractivity contribution is 5.74. The normalized spacial score (nSPS) is 29.5. The summed E-state index contributed by atoms with van der Waals surface area (Å²) in [5.74, 6) is -0.926. The molecule has 2 heterocycles. The number of hydrogen-bond acceptors (Lipinski definition) is 4. The van der Waals surface area contributed by atoms with E-state index in [-0.39, 0.29) is 12.1 Å². The maximum Gasteiger partial charge on any atom is 0.332 e. The molecule has 0 radical (unpaired) electrons. The second kappa shape index (κ2) is 7.09. The third kappa shape index (κ3) is 4.31. The number of rotatable bonds is 5. The van der Waals surface area contributed by atoms with Crippen LogP contribution in [0.3, 0.4) is 0 Å². The van der Waals surface area contributed by atoms with Gasteiger partial charge >= 0.3 is 12.0 Å². The van der Waals surface area contributed by atoms with Crippen LogP contribution in [0.1, 0.15) is 25.7 Å². The molecule has 2 fully saturated rings. The minimum absolute atomic E-state index is 0.127. The van der Waals surface area contributed by atoms with Crippen molar-refractivity contribution in [3.63, 3.8) is 0 Å². The molecule has 0 aromatic heterocycles. The number of ether oxygens (including phenoxy) is 1. The van der Waals surface area contributed by atoms with Crippen LogP contribution in [0.5, 0.6) is 0 Å². The number of carbonyl (C=O) groups excluding carboxylic acids is 1. The van der Waals surface area contributed by atoms with Crippen molar-refractivity contribution < 1.29 is 19.4 Å². The van der Waals surface area contributed by atoms with Crippen molar-refractivity contribution in [1.29, 1.82) is 0 Å². The summed E-state index contributed by atoms with van der Waals surface area (Å²) in [5, 5.41) is 11.7. The van der Waals surface area contributed by atoms with E-state index < -0.39 is 12.1 Å². The minimum atomic E-state index is -0.926. The number of nitrogens with one attached hydrogen (secondary N) is 1. The minimum Gasteiger partial charge on any atom is -0.479 e.